The Hall–Kier alpha value is -4.75. The molecule has 0 aliphatic heterocycles. The SMILES string of the molecule is CC1(O)CC(=O)C(C(=O)Nc2ccccc2)C(c2ccc(OCc3ccccc3)cc2)C1C(=O)Nc1ccccc1. The number of carbonyl (C=O) groups excluding carboxylic acids is 3. The predicted octanol–water partition coefficient (Wildman–Crippen LogP) is 5.58. The van der Waals surface area contributed by atoms with E-state index in [0.29, 0.717) is 29.3 Å². The number of hydrogen-bond acceptors (Lipinski definition) is 5. The van der Waals surface area contributed by atoms with E-state index in [1.54, 1.807) is 72.8 Å². The van der Waals surface area contributed by atoms with Crippen LogP contribution in [0.3, 0.4) is 0 Å². The van der Waals surface area contributed by atoms with Crippen molar-refractivity contribution in [2.75, 3.05) is 10.6 Å². The monoisotopic (exact) mass is 548 g/mol. The smallest absolute Gasteiger partial charge is 0.235 e. The Labute approximate surface area is 239 Å². The van der Waals surface area contributed by atoms with E-state index in [1.165, 1.54) is 6.92 Å². The van der Waals surface area contributed by atoms with Gasteiger partial charge in [-0.05, 0) is 54.4 Å². The van der Waals surface area contributed by atoms with Gasteiger partial charge in [-0.25, -0.2) is 0 Å². The van der Waals surface area contributed by atoms with Gasteiger partial charge in [-0.15, -0.1) is 0 Å². The van der Waals surface area contributed by atoms with E-state index in [0.717, 1.165) is 5.56 Å². The lowest BCUT2D eigenvalue weighted by Gasteiger charge is -2.44. The molecule has 2 amide bonds. The summed E-state index contributed by atoms with van der Waals surface area (Å²) < 4.78 is 5.93. The fraction of sp³-hybridized carbons (Fsp3) is 0.206. The minimum Gasteiger partial charge on any atom is -0.489 e. The quantitative estimate of drug-likeness (QED) is 0.249. The number of para-hydroxylation sites is 2. The maximum atomic E-state index is 13.8. The second-order valence-electron chi connectivity index (χ2n) is 10.5. The highest BCUT2D eigenvalue weighted by atomic mass is 16.5. The van der Waals surface area contributed by atoms with Crippen LogP contribution in [0.15, 0.2) is 115 Å². The first-order chi connectivity index (χ1) is 19.8. The van der Waals surface area contributed by atoms with E-state index in [9.17, 15) is 19.5 Å². The van der Waals surface area contributed by atoms with Crippen molar-refractivity contribution in [1.29, 1.82) is 0 Å². The number of ketones is 1. The van der Waals surface area contributed by atoms with E-state index >= 15 is 0 Å². The normalized spacial score (nSPS) is 22.0. The summed E-state index contributed by atoms with van der Waals surface area (Å²) in [5.41, 5.74) is 0.995. The average molecular weight is 549 g/mol. The summed E-state index contributed by atoms with van der Waals surface area (Å²) >= 11 is 0. The molecule has 0 aromatic heterocycles. The van der Waals surface area contributed by atoms with Crippen LogP contribution in [0.5, 0.6) is 5.75 Å². The summed E-state index contributed by atoms with van der Waals surface area (Å²) in [7, 11) is 0. The topological polar surface area (TPSA) is 105 Å². The third-order valence-corrected chi connectivity index (χ3v) is 7.43. The first kappa shape index (κ1) is 27.8. The number of hydrogen-bond donors (Lipinski definition) is 3. The van der Waals surface area contributed by atoms with Crippen LogP contribution in [-0.2, 0) is 21.0 Å². The number of rotatable bonds is 8. The minimum absolute atomic E-state index is 0.332. The van der Waals surface area contributed by atoms with Crippen molar-refractivity contribution in [2.24, 2.45) is 11.8 Å². The van der Waals surface area contributed by atoms with Gasteiger partial charge in [0.25, 0.3) is 0 Å². The molecule has 4 atom stereocenters. The number of Topliss-reactive ketones (excluding diaryl/α,β-unsaturated/α-hetero) is 1. The third-order valence-electron chi connectivity index (χ3n) is 7.43. The molecule has 4 aromatic carbocycles. The number of nitrogens with one attached hydrogen (secondary N) is 2. The molecule has 0 heterocycles. The van der Waals surface area contributed by atoms with Crippen LogP contribution in [0.4, 0.5) is 11.4 Å². The predicted molar refractivity (Wildman–Crippen MR) is 157 cm³/mol. The standard InChI is InChI=1S/C34H32N2O5/c1-34(40)21-28(37)30(32(38)35-25-13-7-3-8-14-25)29(31(34)33(39)36-26-15-9-4-10-16-26)24-17-19-27(20-18-24)41-22-23-11-5-2-6-12-23/h2-20,29-31,40H,21-22H2,1H3,(H,35,38)(H,36,39). The first-order valence-electron chi connectivity index (χ1n) is 13.6. The van der Waals surface area contributed by atoms with Gasteiger partial charge in [-0.3, -0.25) is 14.4 Å². The molecule has 41 heavy (non-hydrogen) atoms. The number of anilines is 2. The molecule has 5 rings (SSSR count). The Bertz CT molecular complexity index is 1490. The van der Waals surface area contributed by atoms with E-state index < -0.39 is 41.0 Å². The van der Waals surface area contributed by atoms with Crippen molar-refractivity contribution in [3.63, 3.8) is 0 Å². The third kappa shape index (κ3) is 6.53. The lowest BCUT2D eigenvalue weighted by atomic mass is 9.61. The zero-order valence-electron chi connectivity index (χ0n) is 22.7. The average Bonchev–Trinajstić information content (AvgIpc) is 2.97. The van der Waals surface area contributed by atoms with Gasteiger partial charge in [0, 0.05) is 23.7 Å². The summed E-state index contributed by atoms with van der Waals surface area (Å²) in [5, 5.41) is 17.2. The summed E-state index contributed by atoms with van der Waals surface area (Å²) in [6.45, 7) is 1.86. The molecule has 0 saturated heterocycles. The maximum Gasteiger partial charge on any atom is 0.235 e. The fourth-order valence-corrected chi connectivity index (χ4v) is 5.50. The molecule has 3 N–H and O–H groups in total. The number of ether oxygens (including phenoxy) is 1. The molecular formula is C34H32N2O5. The summed E-state index contributed by atoms with van der Waals surface area (Å²) in [6.07, 6.45) is -0.332. The Morgan fingerprint density at radius 3 is 1.85 bits per heavy atom. The molecule has 4 unspecified atom stereocenters. The van der Waals surface area contributed by atoms with Crippen molar-refractivity contribution in [1.82, 2.24) is 0 Å². The lowest BCUT2D eigenvalue weighted by Crippen LogP contribution is -2.56. The maximum absolute atomic E-state index is 13.8. The first-order valence-corrected chi connectivity index (χ1v) is 13.6. The van der Waals surface area contributed by atoms with Crippen LogP contribution in [-0.4, -0.2) is 28.3 Å². The van der Waals surface area contributed by atoms with Gasteiger partial charge >= 0.3 is 0 Å². The van der Waals surface area contributed by atoms with Crippen LogP contribution < -0.4 is 15.4 Å². The minimum atomic E-state index is -1.69. The largest absolute Gasteiger partial charge is 0.489 e. The fourth-order valence-electron chi connectivity index (χ4n) is 5.50. The molecule has 1 saturated carbocycles. The molecule has 0 radical (unpaired) electrons. The molecule has 7 nitrogen and oxygen atoms in total. The summed E-state index contributed by atoms with van der Waals surface area (Å²) in [4.78, 5) is 40.9. The lowest BCUT2D eigenvalue weighted by molar-refractivity contribution is -0.150. The molecule has 0 spiro atoms. The molecule has 7 heteroatoms. The Morgan fingerprint density at radius 2 is 1.29 bits per heavy atom. The molecule has 4 aromatic rings. The van der Waals surface area contributed by atoms with Gasteiger partial charge in [-0.2, -0.15) is 0 Å². The van der Waals surface area contributed by atoms with Crippen LogP contribution in [0.1, 0.15) is 30.4 Å². The second-order valence-corrected chi connectivity index (χ2v) is 10.5. The zero-order chi connectivity index (χ0) is 28.8. The highest BCUT2D eigenvalue weighted by Gasteiger charge is 2.55. The van der Waals surface area contributed by atoms with Gasteiger partial charge in [0.2, 0.25) is 11.8 Å². The Balaban J connectivity index is 1.49. The van der Waals surface area contributed by atoms with E-state index in [2.05, 4.69) is 10.6 Å². The van der Waals surface area contributed by atoms with E-state index in [1.807, 2.05) is 42.5 Å². The highest BCUT2D eigenvalue weighted by molar-refractivity contribution is 6.10. The second kappa shape index (κ2) is 12.2. The summed E-state index contributed by atoms with van der Waals surface area (Å²) in [6, 6.07) is 34.5. The molecule has 0 bridgehead atoms. The van der Waals surface area contributed by atoms with Gasteiger partial charge in [0.15, 0.2) is 0 Å². The number of carbonyl (C=O) groups is 3. The Morgan fingerprint density at radius 1 is 0.780 bits per heavy atom. The number of benzene rings is 4. The van der Waals surface area contributed by atoms with Crippen LogP contribution in [0.25, 0.3) is 0 Å². The van der Waals surface area contributed by atoms with Crippen molar-refractivity contribution in [3.8, 4) is 5.75 Å². The Kier molecular flexibility index (Phi) is 8.26. The van der Waals surface area contributed by atoms with Gasteiger partial charge < -0.3 is 20.5 Å². The van der Waals surface area contributed by atoms with Crippen LogP contribution in [0, 0.1) is 11.8 Å². The molecule has 1 fully saturated rings. The zero-order valence-corrected chi connectivity index (χ0v) is 22.7. The summed E-state index contributed by atoms with van der Waals surface area (Å²) in [5.74, 6) is -4.05. The molecule has 1 aliphatic carbocycles. The number of amides is 2. The number of aliphatic hydroxyl groups is 1. The van der Waals surface area contributed by atoms with Gasteiger partial charge in [0.1, 0.15) is 24.1 Å². The van der Waals surface area contributed by atoms with Crippen molar-refractivity contribution in [3.05, 3.63) is 126 Å². The van der Waals surface area contributed by atoms with Gasteiger partial charge in [0.05, 0.1) is 11.5 Å². The van der Waals surface area contributed by atoms with E-state index in [-0.39, 0.29) is 6.42 Å². The van der Waals surface area contributed by atoms with Crippen molar-refractivity contribution >= 4 is 29.0 Å². The van der Waals surface area contributed by atoms with Crippen LogP contribution >= 0.6 is 0 Å². The molecular weight excluding hydrogens is 516 g/mol. The van der Waals surface area contributed by atoms with Crippen molar-refractivity contribution in [2.45, 2.75) is 31.5 Å². The van der Waals surface area contributed by atoms with Crippen LogP contribution in [0.2, 0.25) is 0 Å². The molecule has 1 aliphatic rings. The van der Waals surface area contributed by atoms with E-state index in [4.69, 9.17) is 4.74 Å². The van der Waals surface area contributed by atoms with Gasteiger partial charge in [-0.1, -0.05) is 78.9 Å². The molecule has 208 valence electrons. The van der Waals surface area contributed by atoms with Crippen molar-refractivity contribution < 1.29 is 24.2 Å². The highest BCUT2D eigenvalue weighted by Crippen LogP contribution is 2.47.